The van der Waals surface area contributed by atoms with E-state index in [1.165, 1.54) is 30.5 Å². The molecule has 0 aliphatic rings. The molecule has 26 heavy (non-hydrogen) atoms. The molecule has 0 aliphatic heterocycles. The van der Waals surface area contributed by atoms with Gasteiger partial charge in [0.05, 0.1) is 23.7 Å². The summed E-state index contributed by atoms with van der Waals surface area (Å²) in [6.45, 7) is 0.622. The summed E-state index contributed by atoms with van der Waals surface area (Å²) in [4.78, 5) is 25.7. The van der Waals surface area contributed by atoms with Crippen LogP contribution in [0.5, 0.6) is 5.88 Å². The van der Waals surface area contributed by atoms with Gasteiger partial charge in [-0.15, -0.1) is 0 Å². The molecule has 9 nitrogen and oxygen atoms in total. The average Bonchev–Trinajstić information content (AvgIpc) is 2.67. The molecular formula is C17H15N3O6. The number of esters is 1. The molecule has 0 bridgehead atoms. The number of hydrogen-bond acceptors (Lipinski definition) is 8. The molecule has 0 saturated heterocycles. The van der Waals surface area contributed by atoms with Crippen molar-refractivity contribution in [3.8, 4) is 11.9 Å². The van der Waals surface area contributed by atoms with Crippen molar-refractivity contribution >= 4 is 11.7 Å². The van der Waals surface area contributed by atoms with E-state index in [0.29, 0.717) is 5.56 Å². The standard InChI is InChI=1S/C17H15N3O6/c18-12-14-2-1-7-19-16(14)25-10-8-24-9-11-26-17(21)13-3-5-15(6-4-13)20(22)23/h1-7H,8-11H2. The molecule has 9 heteroatoms. The highest BCUT2D eigenvalue weighted by molar-refractivity contribution is 5.89. The number of pyridine rings is 1. The van der Waals surface area contributed by atoms with Crippen LogP contribution in [0.25, 0.3) is 0 Å². The topological polar surface area (TPSA) is 125 Å². The normalized spacial score (nSPS) is 9.96. The SMILES string of the molecule is N#Cc1cccnc1OCCOCCOC(=O)c1ccc([N+](=O)[O-])cc1. The number of nitro groups is 1. The minimum atomic E-state index is -0.591. The molecule has 1 heterocycles. The number of nitrogens with zero attached hydrogens (tertiary/aromatic N) is 3. The molecule has 1 aromatic carbocycles. The van der Waals surface area contributed by atoms with Crippen LogP contribution in [0, 0.1) is 21.4 Å². The maximum Gasteiger partial charge on any atom is 0.338 e. The monoisotopic (exact) mass is 357 g/mol. The maximum atomic E-state index is 11.8. The highest BCUT2D eigenvalue weighted by Crippen LogP contribution is 2.13. The second kappa shape index (κ2) is 9.71. The quantitative estimate of drug-likeness (QED) is 0.289. The number of ether oxygens (including phenoxy) is 3. The van der Waals surface area contributed by atoms with Gasteiger partial charge in [-0.2, -0.15) is 5.26 Å². The Bertz CT molecular complexity index is 801. The number of rotatable bonds is 9. The molecule has 0 spiro atoms. The Balaban J connectivity index is 1.62. The Hall–Kier alpha value is -3.51. The second-order valence-electron chi connectivity index (χ2n) is 4.87. The summed E-state index contributed by atoms with van der Waals surface area (Å²) in [6, 6.07) is 10.3. The Morgan fingerprint density at radius 3 is 2.58 bits per heavy atom. The lowest BCUT2D eigenvalue weighted by Crippen LogP contribution is -2.14. The zero-order chi connectivity index (χ0) is 18.8. The fourth-order valence-electron chi connectivity index (χ4n) is 1.89. The Kier molecular flexibility index (Phi) is 7.03. The number of benzene rings is 1. The number of carbonyl (C=O) groups is 1. The summed E-state index contributed by atoms with van der Waals surface area (Å²) >= 11 is 0. The number of aromatic nitrogens is 1. The van der Waals surface area contributed by atoms with Crippen LogP contribution in [-0.4, -0.2) is 42.3 Å². The van der Waals surface area contributed by atoms with Crippen molar-refractivity contribution in [2.75, 3.05) is 26.4 Å². The van der Waals surface area contributed by atoms with E-state index in [2.05, 4.69) is 4.98 Å². The molecule has 0 aliphatic carbocycles. The van der Waals surface area contributed by atoms with E-state index in [-0.39, 0.29) is 43.6 Å². The van der Waals surface area contributed by atoms with Crippen LogP contribution in [0.3, 0.4) is 0 Å². The van der Waals surface area contributed by atoms with Crippen molar-refractivity contribution in [1.29, 1.82) is 5.26 Å². The van der Waals surface area contributed by atoms with Crippen LogP contribution >= 0.6 is 0 Å². The van der Waals surface area contributed by atoms with Gasteiger partial charge >= 0.3 is 5.97 Å². The molecule has 0 radical (unpaired) electrons. The van der Waals surface area contributed by atoms with E-state index >= 15 is 0 Å². The van der Waals surface area contributed by atoms with Crippen molar-refractivity contribution in [1.82, 2.24) is 4.98 Å². The molecule has 0 unspecified atom stereocenters. The van der Waals surface area contributed by atoms with Crippen molar-refractivity contribution in [3.63, 3.8) is 0 Å². The van der Waals surface area contributed by atoms with Gasteiger partial charge in [-0.1, -0.05) is 0 Å². The largest absolute Gasteiger partial charge is 0.474 e. The van der Waals surface area contributed by atoms with E-state index in [4.69, 9.17) is 19.5 Å². The number of carbonyl (C=O) groups excluding carboxylic acids is 1. The van der Waals surface area contributed by atoms with Gasteiger partial charge in [-0.3, -0.25) is 10.1 Å². The molecule has 2 rings (SSSR count). The first-order chi connectivity index (χ1) is 12.6. The zero-order valence-corrected chi connectivity index (χ0v) is 13.7. The summed E-state index contributed by atoms with van der Waals surface area (Å²) in [7, 11) is 0. The summed E-state index contributed by atoms with van der Waals surface area (Å²) in [5.74, 6) is -0.352. The van der Waals surface area contributed by atoms with Crippen LogP contribution in [-0.2, 0) is 9.47 Å². The van der Waals surface area contributed by atoms with Crippen LogP contribution in [0.2, 0.25) is 0 Å². The van der Waals surface area contributed by atoms with Crippen LogP contribution < -0.4 is 4.74 Å². The molecule has 0 amide bonds. The molecule has 2 aromatic rings. The lowest BCUT2D eigenvalue weighted by molar-refractivity contribution is -0.384. The molecule has 0 fully saturated rings. The van der Waals surface area contributed by atoms with Gasteiger partial charge in [-0.05, 0) is 24.3 Å². The van der Waals surface area contributed by atoms with E-state index in [1.54, 1.807) is 12.1 Å². The van der Waals surface area contributed by atoms with Gasteiger partial charge in [0, 0.05) is 18.3 Å². The Morgan fingerprint density at radius 1 is 1.15 bits per heavy atom. The minimum Gasteiger partial charge on any atom is -0.474 e. The lowest BCUT2D eigenvalue weighted by Gasteiger charge is -2.08. The van der Waals surface area contributed by atoms with Gasteiger partial charge in [0.15, 0.2) is 0 Å². The van der Waals surface area contributed by atoms with Crippen LogP contribution in [0.4, 0.5) is 5.69 Å². The zero-order valence-electron chi connectivity index (χ0n) is 13.7. The predicted molar refractivity (Wildman–Crippen MR) is 88.6 cm³/mol. The van der Waals surface area contributed by atoms with Gasteiger partial charge in [-0.25, -0.2) is 9.78 Å². The third-order valence-corrected chi connectivity index (χ3v) is 3.13. The highest BCUT2D eigenvalue weighted by Gasteiger charge is 2.10. The molecule has 0 N–H and O–H groups in total. The fourth-order valence-corrected chi connectivity index (χ4v) is 1.89. The first kappa shape index (κ1) is 18.8. The Morgan fingerprint density at radius 2 is 1.88 bits per heavy atom. The summed E-state index contributed by atoms with van der Waals surface area (Å²) < 4.78 is 15.6. The molecular weight excluding hydrogens is 342 g/mol. The number of nitro benzene ring substituents is 1. The first-order valence-electron chi connectivity index (χ1n) is 7.59. The summed E-state index contributed by atoms with van der Waals surface area (Å²) in [6.07, 6.45) is 1.52. The lowest BCUT2D eigenvalue weighted by atomic mass is 10.2. The maximum absolute atomic E-state index is 11.8. The van der Waals surface area contributed by atoms with Gasteiger partial charge in [0.25, 0.3) is 5.69 Å². The smallest absolute Gasteiger partial charge is 0.338 e. The van der Waals surface area contributed by atoms with E-state index in [1.807, 2.05) is 6.07 Å². The molecule has 0 atom stereocenters. The predicted octanol–water partition coefficient (Wildman–Crippen LogP) is 2.11. The third-order valence-electron chi connectivity index (χ3n) is 3.13. The van der Waals surface area contributed by atoms with Gasteiger partial charge < -0.3 is 14.2 Å². The van der Waals surface area contributed by atoms with E-state index < -0.39 is 10.9 Å². The van der Waals surface area contributed by atoms with Crippen LogP contribution in [0.15, 0.2) is 42.6 Å². The molecule has 134 valence electrons. The first-order valence-corrected chi connectivity index (χ1v) is 7.59. The third kappa shape index (κ3) is 5.54. The number of hydrogen-bond donors (Lipinski definition) is 0. The molecule has 1 aromatic heterocycles. The highest BCUT2D eigenvalue weighted by atomic mass is 16.6. The van der Waals surface area contributed by atoms with Crippen molar-refractivity contribution < 1.29 is 23.9 Å². The van der Waals surface area contributed by atoms with E-state index in [0.717, 1.165) is 0 Å². The summed E-state index contributed by atoms with van der Waals surface area (Å²) in [5, 5.41) is 19.4. The van der Waals surface area contributed by atoms with Crippen molar-refractivity contribution in [2.45, 2.75) is 0 Å². The number of nitriles is 1. The van der Waals surface area contributed by atoms with Crippen LogP contribution in [0.1, 0.15) is 15.9 Å². The second-order valence-corrected chi connectivity index (χ2v) is 4.87. The Labute approximate surface area is 148 Å². The van der Waals surface area contributed by atoms with Crippen molar-refractivity contribution in [3.05, 3.63) is 63.8 Å². The number of non-ortho nitro benzene ring substituents is 1. The fraction of sp³-hybridized carbons (Fsp3) is 0.235. The average molecular weight is 357 g/mol. The van der Waals surface area contributed by atoms with Gasteiger partial charge in [0.1, 0.15) is 24.8 Å². The summed E-state index contributed by atoms with van der Waals surface area (Å²) in [5.41, 5.74) is 0.458. The van der Waals surface area contributed by atoms with Gasteiger partial charge in [0.2, 0.25) is 5.88 Å². The van der Waals surface area contributed by atoms with Crippen molar-refractivity contribution in [2.24, 2.45) is 0 Å². The van der Waals surface area contributed by atoms with E-state index in [9.17, 15) is 14.9 Å². The molecule has 0 saturated carbocycles. The minimum absolute atomic E-state index is 0.0306.